The van der Waals surface area contributed by atoms with Crippen LogP contribution < -0.4 is 14.8 Å². The number of ether oxygens (including phenoxy) is 2. The second-order valence-electron chi connectivity index (χ2n) is 4.51. The van der Waals surface area contributed by atoms with E-state index in [-0.39, 0.29) is 33.3 Å². The molecule has 6 heteroatoms. The fourth-order valence-electron chi connectivity index (χ4n) is 2.07. The van der Waals surface area contributed by atoms with Crippen LogP contribution in [0.4, 0.5) is 0 Å². The van der Waals surface area contributed by atoms with Gasteiger partial charge in [-0.3, -0.25) is 9.78 Å². The summed E-state index contributed by atoms with van der Waals surface area (Å²) in [5.41, 5.74) is 2.15. The Hall–Kier alpha value is -2.60. The maximum atomic E-state index is 11.9. The van der Waals surface area contributed by atoms with Crippen molar-refractivity contribution in [2.45, 2.75) is 7.43 Å². The van der Waals surface area contributed by atoms with Gasteiger partial charge in [0.05, 0.1) is 12.2 Å². The molecule has 1 aliphatic heterocycles. The van der Waals surface area contributed by atoms with Gasteiger partial charge in [-0.2, -0.15) is 0 Å². The van der Waals surface area contributed by atoms with Gasteiger partial charge in [-0.15, -0.1) is 0 Å². The van der Waals surface area contributed by atoms with E-state index >= 15 is 0 Å². The lowest BCUT2D eigenvalue weighted by molar-refractivity contribution is 0.0944. The Balaban J connectivity index is 0.00000176. The highest BCUT2D eigenvalue weighted by atomic mass is 16.7. The highest BCUT2D eigenvalue weighted by Crippen LogP contribution is 2.35. The number of nitrogens with zero attached hydrogens (tertiary/aromatic N) is 1. The first-order chi connectivity index (χ1) is 10.3. The number of aliphatic hydroxyl groups is 1. The summed E-state index contributed by atoms with van der Waals surface area (Å²) in [4.78, 5) is 16.0. The number of hydrogen-bond acceptors (Lipinski definition) is 5. The number of carbonyl (C=O) groups excluding carboxylic acids is 1. The summed E-state index contributed by atoms with van der Waals surface area (Å²) in [6.45, 7) is 0.342. The monoisotopic (exact) mass is 302 g/mol. The van der Waals surface area contributed by atoms with Gasteiger partial charge in [0.2, 0.25) is 6.79 Å². The molecule has 0 fully saturated rings. The third kappa shape index (κ3) is 3.17. The molecule has 1 aliphatic rings. The lowest BCUT2D eigenvalue weighted by Gasteiger charge is -2.06. The van der Waals surface area contributed by atoms with Crippen LogP contribution in [0.15, 0.2) is 36.7 Å². The Morgan fingerprint density at radius 2 is 2.00 bits per heavy atom. The first-order valence-corrected chi connectivity index (χ1v) is 6.52. The number of benzene rings is 1. The van der Waals surface area contributed by atoms with E-state index in [1.807, 2.05) is 18.2 Å². The van der Waals surface area contributed by atoms with E-state index in [1.165, 1.54) is 6.20 Å². The summed E-state index contributed by atoms with van der Waals surface area (Å²) in [7, 11) is 0. The smallest absolute Gasteiger partial charge is 0.252 e. The molecule has 1 aromatic heterocycles. The summed E-state index contributed by atoms with van der Waals surface area (Å²) < 4.78 is 10.6. The predicted octanol–water partition coefficient (Wildman–Crippen LogP) is 1.84. The minimum atomic E-state index is -0.265. The van der Waals surface area contributed by atoms with Crippen LogP contribution in [0.2, 0.25) is 0 Å². The second kappa shape index (κ2) is 6.91. The highest BCUT2D eigenvalue weighted by Gasteiger charge is 2.14. The summed E-state index contributed by atoms with van der Waals surface area (Å²) in [6.07, 6.45) is 3.17. The second-order valence-corrected chi connectivity index (χ2v) is 4.51. The molecule has 0 saturated heterocycles. The van der Waals surface area contributed by atoms with E-state index in [4.69, 9.17) is 14.6 Å². The highest BCUT2D eigenvalue weighted by molar-refractivity contribution is 5.95. The molecule has 0 saturated carbocycles. The minimum absolute atomic E-state index is 0. The van der Waals surface area contributed by atoms with Crippen LogP contribution >= 0.6 is 0 Å². The summed E-state index contributed by atoms with van der Waals surface area (Å²) in [6, 6.07) is 7.32. The molecule has 0 spiro atoms. The Morgan fingerprint density at radius 3 is 2.82 bits per heavy atom. The van der Waals surface area contributed by atoms with Crippen molar-refractivity contribution in [3.05, 3.63) is 42.2 Å². The zero-order valence-corrected chi connectivity index (χ0v) is 11.2. The Labute approximate surface area is 128 Å². The number of hydrogen-bond donors (Lipinski definition) is 2. The normalized spacial score (nSPS) is 11.7. The molecule has 2 N–H and O–H groups in total. The van der Waals surface area contributed by atoms with Crippen LogP contribution in [0.25, 0.3) is 11.1 Å². The molecule has 2 aromatic rings. The quantitative estimate of drug-likeness (QED) is 0.900. The molecule has 1 amide bonds. The van der Waals surface area contributed by atoms with E-state index in [0.717, 1.165) is 11.1 Å². The summed E-state index contributed by atoms with van der Waals surface area (Å²) in [5, 5.41) is 11.3. The van der Waals surface area contributed by atoms with Gasteiger partial charge in [0, 0.05) is 24.5 Å². The third-order valence-electron chi connectivity index (χ3n) is 3.10. The van der Waals surface area contributed by atoms with Gasteiger partial charge in [-0.1, -0.05) is 13.5 Å². The maximum Gasteiger partial charge on any atom is 0.252 e. The van der Waals surface area contributed by atoms with Crippen molar-refractivity contribution >= 4 is 5.91 Å². The fraction of sp³-hybridized carbons (Fsp3) is 0.250. The van der Waals surface area contributed by atoms with Gasteiger partial charge in [0.15, 0.2) is 11.5 Å². The van der Waals surface area contributed by atoms with Gasteiger partial charge in [0.25, 0.3) is 5.91 Å². The topological polar surface area (TPSA) is 80.7 Å². The van der Waals surface area contributed by atoms with Crippen LogP contribution in [-0.4, -0.2) is 35.9 Å². The molecular formula is C16H18N2O4. The van der Waals surface area contributed by atoms with Crippen molar-refractivity contribution in [3.8, 4) is 22.6 Å². The van der Waals surface area contributed by atoms with Crippen LogP contribution in [0.5, 0.6) is 11.5 Å². The van der Waals surface area contributed by atoms with E-state index in [9.17, 15) is 4.79 Å². The van der Waals surface area contributed by atoms with Gasteiger partial charge < -0.3 is 19.9 Å². The lowest BCUT2D eigenvalue weighted by atomic mass is 10.1. The molecule has 0 atom stereocenters. The first-order valence-electron chi connectivity index (χ1n) is 6.52. The molecule has 0 unspecified atom stereocenters. The molecule has 0 radical (unpaired) electrons. The van der Waals surface area contributed by atoms with E-state index in [0.29, 0.717) is 17.1 Å². The number of amides is 1. The van der Waals surface area contributed by atoms with E-state index < -0.39 is 0 Å². The number of carbonyl (C=O) groups is 1. The molecular weight excluding hydrogens is 284 g/mol. The molecule has 22 heavy (non-hydrogen) atoms. The van der Waals surface area contributed by atoms with Crippen molar-refractivity contribution in [1.29, 1.82) is 0 Å². The summed E-state index contributed by atoms with van der Waals surface area (Å²) in [5.74, 6) is 1.13. The van der Waals surface area contributed by atoms with Crippen molar-refractivity contribution in [1.82, 2.24) is 10.3 Å². The SMILES string of the molecule is C.O=C(NCCO)c1cncc(-c2ccc3c(c2)OCO3)c1. The zero-order chi connectivity index (χ0) is 14.7. The molecule has 0 aliphatic carbocycles. The summed E-state index contributed by atoms with van der Waals surface area (Å²) >= 11 is 0. The van der Waals surface area contributed by atoms with Crippen LogP contribution in [0.3, 0.4) is 0 Å². The van der Waals surface area contributed by atoms with Crippen LogP contribution in [-0.2, 0) is 0 Å². The zero-order valence-electron chi connectivity index (χ0n) is 11.2. The average Bonchev–Trinajstić information content (AvgIpc) is 3.00. The van der Waals surface area contributed by atoms with Crippen molar-refractivity contribution in [2.75, 3.05) is 19.9 Å². The number of rotatable bonds is 4. The average molecular weight is 302 g/mol. The van der Waals surface area contributed by atoms with Gasteiger partial charge >= 0.3 is 0 Å². The molecule has 0 bridgehead atoms. The van der Waals surface area contributed by atoms with Gasteiger partial charge in [-0.25, -0.2) is 0 Å². The van der Waals surface area contributed by atoms with Crippen molar-refractivity contribution in [3.63, 3.8) is 0 Å². The molecule has 1 aromatic carbocycles. The molecule has 6 nitrogen and oxygen atoms in total. The fourth-order valence-corrected chi connectivity index (χ4v) is 2.07. The lowest BCUT2D eigenvalue weighted by Crippen LogP contribution is -2.26. The predicted molar refractivity (Wildman–Crippen MR) is 81.9 cm³/mol. The number of nitrogens with one attached hydrogen (secondary N) is 1. The van der Waals surface area contributed by atoms with Crippen LogP contribution in [0.1, 0.15) is 17.8 Å². The number of pyridine rings is 1. The third-order valence-corrected chi connectivity index (χ3v) is 3.10. The number of aliphatic hydroxyl groups excluding tert-OH is 1. The molecule has 2 heterocycles. The van der Waals surface area contributed by atoms with Gasteiger partial charge in [-0.05, 0) is 23.8 Å². The number of aromatic nitrogens is 1. The van der Waals surface area contributed by atoms with Gasteiger partial charge in [0.1, 0.15) is 0 Å². The largest absolute Gasteiger partial charge is 0.454 e. The van der Waals surface area contributed by atoms with E-state index in [2.05, 4.69) is 10.3 Å². The molecule has 3 rings (SSSR count). The maximum absolute atomic E-state index is 11.9. The molecule has 116 valence electrons. The van der Waals surface area contributed by atoms with Crippen LogP contribution in [0, 0.1) is 0 Å². The van der Waals surface area contributed by atoms with E-state index in [1.54, 1.807) is 12.3 Å². The van der Waals surface area contributed by atoms with Crippen molar-refractivity contribution < 1.29 is 19.4 Å². The Morgan fingerprint density at radius 1 is 1.18 bits per heavy atom. The Bertz CT molecular complexity index is 673. The first kappa shape index (κ1) is 15.8. The Kier molecular flexibility index (Phi) is 4.95. The standard InChI is InChI=1S/C15H14N2O4.CH4/c18-4-3-17-15(19)12-5-11(7-16-8-12)10-1-2-13-14(6-10)21-9-20-13;/h1-2,5-8,18H,3-4,9H2,(H,17,19);1H4. The minimum Gasteiger partial charge on any atom is -0.454 e. The number of fused-ring (bicyclic) bond motifs is 1. The van der Waals surface area contributed by atoms with Crippen molar-refractivity contribution in [2.24, 2.45) is 0 Å².